The molecule has 4 heteroatoms. The lowest BCUT2D eigenvalue weighted by Gasteiger charge is -2.05. The average molecular weight is 165 g/mol. The second-order valence-electron chi connectivity index (χ2n) is 2.57. The maximum atomic E-state index is 9.18. The molecule has 0 fully saturated rings. The molecule has 0 spiro atoms. The van der Waals surface area contributed by atoms with Crippen molar-refractivity contribution in [3.05, 3.63) is 18.5 Å². The highest BCUT2D eigenvalue weighted by Crippen LogP contribution is 1.98. The molecule has 1 atom stereocenters. The van der Waals surface area contributed by atoms with E-state index in [1.807, 2.05) is 18.3 Å². The van der Waals surface area contributed by atoms with E-state index in [9.17, 15) is 5.11 Å². The molecule has 0 aliphatic carbocycles. The Bertz CT molecular complexity index is 250. The lowest BCUT2D eigenvalue weighted by molar-refractivity contribution is 0.161. The fraction of sp³-hybridized carbons (Fsp3) is 0.500. The van der Waals surface area contributed by atoms with Crippen molar-refractivity contribution in [3.63, 3.8) is 0 Å². The van der Waals surface area contributed by atoms with Gasteiger partial charge in [-0.3, -0.25) is 4.68 Å². The van der Waals surface area contributed by atoms with Gasteiger partial charge in [0.1, 0.15) is 0 Å². The van der Waals surface area contributed by atoms with Gasteiger partial charge in [-0.1, -0.05) is 0 Å². The lowest BCUT2D eigenvalue weighted by atomic mass is 10.2. The van der Waals surface area contributed by atoms with Gasteiger partial charge >= 0.3 is 0 Å². The summed E-state index contributed by atoms with van der Waals surface area (Å²) in [6, 6.07) is 3.75. The van der Waals surface area contributed by atoms with Crippen LogP contribution < -0.4 is 0 Å². The van der Waals surface area contributed by atoms with Gasteiger partial charge in [-0.15, -0.1) is 0 Å². The quantitative estimate of drug-likeness (QED) is 0.708. The van der Waals surface area contributed by atoms with Crippen LogP contribution in [0.25, 0.3) is 0 Å². The summed E-state index contributed by atoms with van der Waals surface area (Å²) in [5, 5.41) is 21.4. The SMILES string of the molecule is N#CCC(O)CCn1cccn1. The molecule has 0 bridgehead atoms. The van der Waals surface area contributed by atoms with Crippen LogP contribution in [0, 0.1) is 11.3 Å². The summed E-state index contributed by atoms with van der Waals surface area (Å²) in [5.41, 5.74) is 0. The summed E-state index contributed by atoms with van der Waals surface area (Å²) in [7, 11) is 0. The Morgan fingerprint density at radius 3 is 3.08 bits per heavy atom. The second kappa shape index (κ2) is 4.52. The maximum absolute atomic E-state index is 9.18. The molecule has 64 valence electrons. The molecule has 0 radical (unpaired) electrons. The Hall–Kier alpha value is -1.34. The molecule has 12 heavy (non-hydrogen) atoms. The van der Waals surface area contributed by atoms with E-state index >= 15 is 0 Å². The van der Waals surface area contributed by atoms with Crippen molar-refractivity contribution in [1.82, 2.24) is 9.78 Å². The minimum absolute atomic E-state index is 0.196. The largest absolute Gasteiger partial charge is 0.392 e. The highest BCUT2D eigenvalue weighted by molar-refractivity contribution is 4.79. The van der Waals surface area contributed by atoms with Gasteiger partial charge in [-0.25, -0.2) is 0 Å². The Morgan fingerprint density at radius 1 is 1.67 bits per heavy atom. The van der Waals surface area contributed by atoms with Gasteiger partial charge in [-0.05, 0) is 12.5 Å². The van der Waals surface area contributed by atoms with Gasteiger partial charge in [0.25, 0.3) is 0 Å². The Morgan fingerprint density at radius 2 is 2.50 bits per heavy atom. The molecule has 0 saturated carbocycles. The Labute approximate surface area is 71.1 Å². The zero-order valence-corrected chi connectivity index (χ0v) is 6.72. The van der Waals surface area contributed by atoms with E-state index in [1.54, 1.807) is 10.9 Å². The number of aryl methyl sites for hydroxylation is 1. The first-order valence-electron chi connectivity index (χ1n) is 3.85. The van der Waals surface area contributed by atoms with Crippen molar-refractivity contribution >= 4 is 0 Å². The molecule has 0 aromatic carbocycles. The molecular formula is C8H11N3O. The van der Waals surface area contributed by atoms with Gasteiger partial charge in [-0.2, -0.15) is 10.4 Å². The minimum atomic E-state index is -0.529. The second-order valence-corrected chi connectivity index (χ2v) is 2.57. The molecule has 1 unspecified atom stereocenters. The van der Waals surface area contributed by atoms with Crippen LogP contribution in [0.3, 0.4) is 0 Å². The van der Waals surface area contributed by atoms with Crippen LogP contribution in [0.1, 0.15) is 12.8 Å². The van der Waals surface area contributed by atoms with Crippen molar-refractivity contribution in [2.24, 2.45) is 0 Å². The third-order valence-corrected chi connectivity index (χ3v) is 1.58. The highest BCUT2D eigenvalue weighted by Gasteiger charge is 2.02. The monoisotopic (exact) mass is 165 g/mol. The Kier molecular flexibility index (Phi) is 3.30. The molecule has 4 nitrogen and oxygen atoms in total. The molecule has 1 aromatic rings. The molecule has 1 aromatic heterocycles. The first-order chi connectivity index (χ1) is 5.83. The van der Waals surface area contributed by atoms with Crippen LogP contribution in [0.5, 0.6) is 0 Å². The molecule has 1 N–H and O–H groups in total. The number of aliphatic hydroxyl groups excluding tert-OH is 1. The zero-order chi connectivity index (χ0) is 8.81. The summed E-state index contributed by atoms with van der Waals surface area (Å²) in [4.78, 5) is 0. The predicted molar refractivity (Wildman–Crippen MR) is 43.1 cm³/mol. The number of aromatic nitrogens is 2. The number of nitriles is 1. The van der Waals surface area contributed by atoms with Crippen molar-refractivity contribution in [2.45, 2.75) is 25.5 Å². The van der Waals surface area contributed by atoms with E-state index in [0.717, 1.165) is 0 Å². The zero-order valence-electron chi connectivity index (χ0n) is 6.72. The van der Waals surface area contributed by atoms with Crippen LogP contribution in [-0.2, 0) is 6.54 Å². The molecule has 0 aliphatic rings. The highest BCUT2D eigenvalue weighted by atomic mass is 16.3. The Balaban J connectivity index is 2.23. The van der Waals surface area contributed by atoms with Crippen molar-refractivity contribution < 1.29 is 5.11 Å². The average Bonchev–Trinajstić information content (AvgIpc) is 2.53. The third-order valence-electron chi connectivity index (χ3n) is 1.58. The van der Waals surface area contributed by atoms with Crippen molar-refractivity contribution in [3.8, 4) is 6.07 Å². The van der Waals surface area contributed by atoms with Crippen LogP contribution in [0.2, 0.25) is 0 Å². The standard InChI is InChI=1S/C8H11N3O/c9-4-2-8(12)3-7-11-6-1-5-10-11/h1,5-6,8,12H,2-3,7H2. The molecule has 0 aliphatic heterocycles. The van der Waals surface area contributed by atoms with E-state index in [0.29, 0.717) is 13.0 Å². The molecule has 1 heterocycles. The lowest BCUT2D eigenvalue weighted by Crippen LogP contribution is -2.10. The normalized spacial score (nSPS) is 12.3. The van der Waals surface area contributed by atoms with Crippen LogP contribution >= 0.6 is 0 Å². The van der Waals surface area contributed by atoms with Crippen LogP contribution in [0.4, 0.5) is 0 Å². The number of nitrogens with zero attached hydrogens (tertiary/aromatic N) is 3. The van der Waals surface area contributed by atoms with Crippen LogP contribution in [-0.4, -0.2) is 21.0 Å². The predicted octanol–water partition coefficient (Wildman–Crippen LogP) is 0.548. The number of hydrogen-bond acceptors (Lipinski definition) is 3. The summed E-state index contributed by atoms with van der Waals surface area (Å²) >= 11 is 0. The van der Waals surface area contributed by atoms with Crippen molar-refractivity contribution in [1.29, 1.82) is 5.26 Å². The molecule has 0 saturated heterocycles. The smallest absolute Gasteiger partial charge is 0.0687 e. The summed E-state index contributed by atoms with van der Waals surface area (Å²) in [5.74, 6) is 0. The van der Waals surface area contributed by atoms with E-state index in [4.69, 9.17) is 5.26 Å². The van der Waals surface area contributed by atoms with Gasteiger partial charge in [0, 0.05) is 18.9 Å². The van der Waals surface area contributed by atoms with Gasteiger partial charge in [0.2, 0.25) is 0 Å². The summed E-state index contributed by atoms with van der Waals surface area (Å²) in [6.07, 6.45) is 3.77. The van der Waals surface area contributed by atoms with Gasteiger partial charge < -0.3 is 5.11 Å². The first-order valence-corrected chi connectivity index (χ1v) is 3.85. The number of aliphatic hydroxyl groups is 1. The minimum Gasteiger partial charge on any atom is -0.392 e. The number of rotatable bonds is 4. The fourth-order valence-electron chi connectivity index (χ4n) is 0.921. The molecular weight excluding hydrogens is 154 g/mol. The van der Waals surface area contributed by atoms with E-state index in [2.05, 4.69) is 5.10 Å². The van der Waals surface area contributed by atoms with Gasteiger partial charge in [0.15, 0.2) is 0 Å². The number of hydrogen-bond donors (Lipinski definition) is 1. The van der Waals surface area contributed by atoms with Crippen LogP contribution in [0.15, 0.2) is 18.5 Å². The van der Waals surface area contributed by atoms with Crippen molar-refractivity contribution in [2.75, 3.05) is 0 Å². The maximum Gasteiger partial charge on any atom is 0.0687 e. The summed E-state index contributed by atoms with van der Waals surface area (Å²) in [6.45, 7) is 0.663. The van der Waals surface area contributed by atoms with E-state index in [-0.39, 0.29) is 6.42 Å². The fourth-order valence-corrected chi connectivity index (χ4v) is 0.921. The third kappa shape index (κ3) is 2.72. The topological polar surface area (TPSA) is 61.8 Å². The van der Waals surface area contributed by atoms with E-state index < -0.39 is 6.10 Å². The molecule has 0 amide bonds. The van der Waals surface area contributed by atoms with Gasteiger partial charge in [0.05, 0.1) is 18.6 Å². The first kappa shape index (κ1) is 8.75. The summed E-state index contributed by atoms with van der Waals surface area (Å²) < 4.78 is 1.74. The van der Waals surface area contributed by atoms with E-state index in [1.165, 1.54) is 0 Å². The molecule has 1 rings (SSSR count).